The van der Waals surface area contributed by atoms with Crippen LogP contribution in [0.1, 0.15) is 154 Å². The SMILES string of the molecule is Cc1cc(C=NC2CCCCC2C)c(OCOc2c(C=NC3CCCCC3C)cc(C(C)(C)C)cc2C(C)(C)C)c(CC(C)C)c1. The van der Waals surface area contributed by atoms with Gasteiger partial charge in [0.2, 0.25) is 6.79 Å². The molecule has 4 nitrogen and oxygen atoms in total. The second-order valence-corrected chi connectivity index (χ2v) is 17.0. The molecule has 0 aliphatic heterocycles. The molecule has 2 aliphatic carbocycles. The highest BCUT2D eigenvalue weighted by Crippen LogP contribution is 2.39. The van der Waals surface area contributed by atoms with Crippen LogP contribution in [0.3, 0.4) is 0 Å². The largest absolute Gasteiger partial charge is 0.457 e. The topological polar surface area (TPSA) is 43.2 Å². The molecule has 4 atom stereocenters. The first-order valence-corrected chi connectivity index (χ1v) is 18.3. The highest BCUT2D eigenvalue weighted by Gasteiger charge is 2.27. The van der Waals surface area contributed by atoms with Gasteiger partial charge in [-0.2, -0.15) is 0 Å². The van der Waals surface area contributed by atoms with Crippen molar-refractivity contribution in [2.75, 3.05) is 6.79 Å². The normalized spacial score (nSPS) is 23.0. The van der Waals surface area contributed by atoms with Crippen LogP contribution in [0.5, 0.6) is 11.5 Å². The lowest BCUT2D eigenvalue weighted by Gasteiger charge is -2.29. The Morgan fingerprint density at radius 2 is 1.24 bits per heavy atom. The van der Waals surface area contributed by atoms with Crippen molar-refractivity contribution in [1.29, 1.82) is 0 Å². The van der Waals surface area contributed by atoms with Crippen LogP contribution in [0.25, 0.3) is 0 Å². The number of aryl methyl sites for hydroxylation is 1. The number of hydrogen-bond donors (Lipinski definition) is 0. The molecule has 4 unspecified atom stereocenters. The minimum absolute atomic E-state index is 0.00740. The number of benzene rings is 2. The molecular weight excluding hydrogens is 564 g/mol. The minimum atomic E-state index is -0.113. The Morgan fingerprint density at radius 3 is 1.74 bits per heavy atom. The van der Waals surface area contributed by atoms with Gasteiger partial charge in [0.15, 0.2) is 0 Å². The highest BCUT2D eigenvalue weighted by atomic mass is 16.7. The Hall–Kier alpha value is -2.62. The first-order valence-electron chi connectivity index (χ1n) is 18.3. The quantitative estimate of drug-likeness (QED) is 0.194. The Bertz CT molecular complexity index is 1360. The number of rotatable bonds is 10. The number of hydrogen-bond acceptors (Lipinski definition) is 4. The Morgan fingerprint density at radius 1 is 0.717 bits per heavy atom. The van der Waals surface area contributed by atoms with E-state index in [1.807, 2.05) is 0 Å². The number of aliphatic imine (C=N–C) groups is 2. The fourth-order valence-corrected chi connectivity index (χ4v) is 7.18. The molecule has 46 heavy (non-hydrogen) atoms. The third-order valence-corrected chi connectivity index (χ3v) is 10.1. The summed E-state index contributed by atoms with van der Waals surface area (Å²) in [4.78, 5) is 10.3. The molecule has 0 heterocycles. The van der Waals surface area contributed by atoms with Crippen LogP contribution < -0.4 is 9.47 Å². The zero-order chi connectivity index (χ0) is 33.6. The lowest BCUT2D eigenvalue weighted by atomic mass is 9.79. The number of ether oxygens (including phenoxy) is 2. The lowest BCUT2D eigenvalue weighted by Crippen LogP contribution is -2.22. The fraction of sp³-hybridized carbons (Fsp3) is 0.667. The first-order chi connectivity index (χ1) is 21.6. The van der Waals surface area contributed by atoms with Crippen LogP contribution in [0.4, 0.5) is 0 Å². The summed E-state index contributed by atoms with van der Waals surface area (Å²) in [7, 11) is 0. The summed E-state index contributed by atoms with van der Waals surface area (Å²) in [6.07, 6.45) is 15.2. The van der Waals surface area contributed by atoms with Gasteiger partial charge in [0.1, 0.15) is 11.5 Å². The van der Waals surface area contributed by atoms with Crippen molar-refractivity contribution in [3.05, 3.63) is 57.6 Å². The van der Waals surface area contributed by atoms with E-state index in [1.165, 1.54) is 67.2 Å². The van der Waals surface area contributed by atoms with Crippen LogP contribution in [-0.4, -0.2) is 31.3 Å². The van der Waals surface area contributed by atoms with Gasteiger partial charge in [0.25, 0.3) is 0 Å². The van der Waals surface area contributed by atoms with Gasteiger partial charge in [-0.1, -0.05) is 107 Å². The standard InChI is InChI=1S/C42H64N2O2/c1-28(2)20-32-21-29(3)22-33(25-43-37-18-14-12-16-30(37)4)39(32)45-27-46-40-34(26-44-38-19-15-13-17-31(38)5)23-35(41(6,7)8)24-36(40)42(9,10)11/h21-26,28,30-31,37-38H,12-20,27H2,1-11H3. The maximum Gasteiger partial charge on any atom is 0.230 e. The maximum absolute atomic E-state index is 6.73. The van der Waals surface area contributed by atoms with E-state index in [-0.39, 0.29) is 17.6 Å². The molecular formula is C42H64N2O2. The second-order valence-electron chi connectivity index (χ2n) is 17.0. The smallest absolute Gasteiger partial charge is 0.230 e. The zero-order valence-corrected chi connectivity index (χ0v) is 31.1. The van der Waals surface area contributed by atoms with E-state index in [1.54, 1.807) is 0 Å². The molecule has 2 aromatic carbocycles. The van der Waals surface area contributed by atoms with Gasteiger partial charge in [0, 0.05) is 29.1 Å². The summed E-state index contributed by atoms with van der Waals surface area (Å²) < 4.78 is 13.4. The van der Waals surface area contributed by atoms with Crippen molar-refractivity contribution >= 4 is 12.4 Å². The zero-order valence-electron chi connectivity index (χ0n) is 31.1. The van der Waals surface area contributed by atoms with Crippen molar-refractivity contribution in [2.45, 2.75) is 157 Å². The molecule has 4 rings (SSSR count). The summed E-state index contributed by atoms with van der Waals surface area (Å²) >= 11 is 0. The molecule has 0 saturated heterocycles. The van der Waals surface area contributed by atoms with Gasteiger partial charge in [-0.05, 0) is 96.4 Å². The van der Waals surface area contributed by atoms with E-state index in [4.69, 9.17) is 19.5 Å². The van der Waals surface area contributed by atoms with Gasteiger partial charge in [-0.25, -0.2) is 0 Å². The van der Waals surface area contributed by atoms with Gasteiger partial charge in [-0.3, -0.25) is 9.98 Å². The average molecular weight is 629 g/mol. The summed E-state index contributed by atoms with van der Waals surface area (Å²) in [5.74, 6) is 3.54. The van der Waals surface area contributed by atoms with Crippen molar-refractivity contribution in [2.24, 2.45) is 27.7 Å². The van der Waals surface area contributed by atoms with E-state index in [0.717, 1.165) is 35.5 Å². The second kappa shape index (κ2) is 15.5. The van der Waals surface area contributed by atoms with E-state index in [0.29, 0.717) is 29.8 Å². The molecule has 0 aromatic heterocycles. The third-order valence-electron chi connectivity index (χ3n) is 10.1. The predicted octanol–water partition coefficient (Wildman–Crippen LogP) is 11.2. The van der Waals surface area contributed by atoms with Crippen molar-refractivity contribution in [1.82, 2.24) is 0 Å². The molecule has 0 bridgehead atoms. The first kappa shape index (κ1) is 36.2. The molecule has 2 saturated carbocycles. The Balaban J connectivity index is 1.70. The van der Waals surface area contributed by atoms with Gasteiger partial charge in [-0.15, -0.1) is 0 Å². The van der Waals surface area contributed by atoms with Crippen molar-refractivity contribution in [3.8, 4) is 11.5 Å². The average Bonchev–Trinajstić information content (AvgIpc) is 2.96. The van der Waals surface area contributed by atoms with Crippen molar-refractivity contribution < 1.29 is 9.47 Å². The van der Waals surface area contributed by atoms with E-state index >= 15 is 0 Å². The maximum atomic E-state index is 6.73. The van der Waals surface area contributed by atoms with E-state index in [2.05, 4.69) is 113 Å². The van der Waals surface area contributed by atoms with Gasteiger partial charge in [0.05, 0.1) is 12.1 Å². The van der Waals surface area contributed by atoms with Gasteiger partial charge >= 0.3 is 0 Å². The summed E-state index contributed by atoms with van der Waals surface area (Å²) in [5, 5.41) is 0. The monoisotopic (exact) mass is 628 g/mol. The summed E-state index contributed by atoms with van der Waals surface area (Å²) in [6.45, 7) is 25.2. The highest BCUT2D eigenvalue weighted by molar-refractivity contribution is 5.86. The molecule has 0 amide bonds. The summed E-state index contributed by atoms with van der Waals surface area (Å²) in [6, 6.07) is 9.89. The van der Waals surface area contributed by atoms with Crippen LogP contribution in [0.2, 0.25) is 0 Å². The molecule has 2 fully saturated rings. The van der Waals surface area contributed by atoms with Crippen LogP contribution in [0.15, 0.2) is 34.3 Å². The Kier molecular flexibility index (Phi) is 12.2. The van der Waals surface area contributed by atoms with Crippen molar-refractivity contribution in [3.63, 3.8) is 0 Å². The lowest BCUT2D eigenvalue weighted by molar-refractivity contribution is 0.116. The van der Waals surface area contributed by atoms with Crippen LogP contribution >= 0.6 is 0 Å². The van der Waals surface area contributed by atoms with Gasteiger partial charge < -0.3 is 9.47 Å². The summed E-state index contributed by atoms with van der Waals surface area (Å²) in [5.41, 5.74) is 6.97. The molecule has 4 heteroatoms. The molecule has 254 valence electrons. The fourth-order valence-electron chi connectivity index (χ4n) is 7.18. The number of nitrogens with zero attached hydrogens (tertiary/aromatic N) is 2. The predicted molar refractivity (Wildman–Crippen MR) is 198 cm³/mol. The van der Waals surface area contributed by atoms with Crippen LogP contribution in [-0.2, 0) is 17.3 Å². The molecule has 2 aliphatic rings. The van der Waals surface area contributed by atoms with E-state index in [9.17, 15) is 0 Å². The third kappa shape index (κ3) is 9.71. The Labute approximate surface area is 281 Å². The minimum Gasteiger partial charge on any atom is -0.457 e. The molecule has 0 spiro atoms. The molecule has 2 aromatic rings. The molecule has 0 N–H and O–H groups in total. The van der Waals surface area contributed by atoms with Crippen LogP contribution in [0, 0.1) is 24.7 Å². The molecule has 0 radical (unpaired) electrons. The van der Waals surface area contributed by atoms with E-state index < -0.39 is 0 Å².